The monoisotopic (exact) mass is 313 g/mol. The molecule has 1 amide bonds. The standard InChI is InChI=1S/C16H31NO3Si/c1-12-13(11-20-21(5,6)16(2,3)4)14(12)15(18)17-7-9-19-10-8-17/h12-14H,7-11H2,1-6H3/t12-,13+,14-/m1/s1. The molecular formula is C16H31NO3Si. The van der Waals surface area contributed by atoms with Crippen LogP contribution in [0.5, 0.6) is 0 Å². The second-order valence-corrected chi connectivity index (χ2v) is 12.9. The Hall–Kier alpha value is -0.393. The molecule has 2 aliphatic rings. The lowest BCUT2D eigenvalue weighted by Crippen LogP contribution is -2.43. The highest BCUT2D eigenvalue weighted by Crippen LogP contribution is 2.48. The molecular weight excluding hydrogens is 282 g/mol. The van der Waals surface area contributed by atoms with Crippen molar-refractivity contribution in [2.45, 2.75) is 45.8 Å². The molecule has 1 heterocycles. The first kappa shape index (κ1) is 17.0. The third-order valence-electron chi connectivity index (χ3n) is 5.61. The average molecular weight is 314 g/mol. The number of rotatable bonds is 4. The molecule has 0 bridgehead atoms. The fourth-order valence-corrected chi connectivity index (χ4v) is 3.77. The van der Waals surface area contributed by atoms with Crippen LogP contribution in [0.3, 0.4) is 0 Å². The number of carbonyl (C=O) groups excluding carboxylic acids is 1. The SMILES string of the molecule is C[C@@H]1[C@H](CO[Si](C)(C)C(C)(C)C)[C@@H]1C(=O)N1CCOCC1. The second kappa shape index (κ2) is 6.01. The van der Waals surface area contributed by atoms with E-state index in [1.54, 1.807) is 0 Å². The Morgan fingerprint density at radius 1 is 1.29 bits per heavy atom. The van der Waals surface area contributed by atoms with Crippen molar-refractivity contribution in [2.24, 2.45) is 17.8 Å². The van der Waals surface area contributed by atoms with E-state index >= 15 is 0 Å². The Labute approximate surface area is 130 Å². The van der Waals surface area contributed by atoms with Gasteiger partial charge in [-0.15, -0.1) is 0 Å². The predicted molar refractivity (Wildman–Crippen MR) is 86.7 cm³/mol. The van der Waals surface area contributed by atoms with Gasteiger partial charge >= 0.3 is 0 Å². The van der Waals surface area contributed by atoms with Crippen LogP contribution < -0.4 is 0 Å². The summed E-state index contributed by atoms with van der Waals surface area (Å²) in [6.07, 6.45) is 0. The maximum Gasteiger partial charge on any atom is 0.226 e. The first-order valence-corrected chi connectivity index (χ1v) is 11.1. The van der Waals surface area contributed by atoms with E-state index < -0.39 is 8.32 Å². The summed E-state index contributed by atoms with van der Waals surface area (Å²) >= 11 is 0. The topological polar surface area (TPSA) is 38.8 Å². The van der Waals surface area contributed by atoms with Crippen molar-refractivity contribution in [3.8, 4) is 0 Å². The molecule has 3 atom stereocenters. The van der Waals surface area contributed by atoms with Crippen LogP contribution in [0.4, 0.5) is 0 Å². The Bertz CT molecular complexity index is 385. The van der Waals surface area contributed by atoms with E-state index in [9.17, 15) is 4.79 Å². The number of hydrogen-bond donors (Lipinski definition) is 0. The van der Waals surface area contributed by atoms with Crippen LogP contribution in [-0.2, 0) is 14.0 Å². The molecule has 2 fully saturated rings. The first-order chi connectivity index (χ1) is 9.65. The Morgan fingerprint density at radius 2 is 1.86 bits per heavy atom. The van der Waals surface area contributed by atoms with Gasteiger partial charge in [0, 0.05) is 25.6 Å². The van der Waals surface area contributed by atoms with Crippen LogP contribution in [0.2, 0.25) is 18.1 Å². The van der Waals surface area contributed by atoms with Crippen molar-refractivity contribution >= 4 is 14.2 Å². The molecule has 2 rings (SSSR count). The summed E-state index contributed by atoms with van der Waals surface area (Å²) in [5.41, 5.74) is 0. The molecule has 1 aliphatic heterocycles. The van der Waals surface area contributed by atoms with E-state index in [1.807, 2.05) is 4.90 Å². The number of carbonyl (C=O) groups is 1. The minimum absolute atomic E-state index is 0.174. The molecule has 0 aromatic rings. The van der Waals surface area contributed by atoms with Gasteiger partial charge in [-0.3, -0.25) is 4.79 Å². The fourth-order valence-electron chi connectivity index (χ4n) is 2.72. The van der Waals surface area contributed by atoms with E-state index in [-0.39, 0.29) is 11.0 Å². The predicted octanol–water partition coefficient (Wildman–Crippen LogP) is 2.75. The van der Waals surface area contributed by atoms with Gasteiger partial charge in [-0.05, 0) is 30.0 Å². The van der Waals surface area contributed by atoms with Crippen molar-refractivity contribution in [3.63, 3.8) is 0 Å². The van der Waals surface area contributed by atoms with Gasteiger partial charge in [0.05, 0.1) is 13.2 Å². The van der Waals surface area contributed by atoms with Gasteiger partial charge in [0.15, 0.2) is 8.32 Å². The molecule has 0 spiro atoms. The van der Waals surface area contributed by atoms with E-state index in [0.29, 0.717) is 31.0 Å². The zero-order valence-electron chi connectivity index (χ0n) is 14.4. The van der Waals surface area contributed by atoms with Gasteiger partial charge in [0.25, 0.3) is 0 Å². The summed E-state index contributed by atoms with van der Waals surface area (Å²) in [6.45, 7) is 17.1. The molecule has 0 aromatic carbocycles. The van der Waals surface area contributed by atoms with Crippen LogP contribution in [0.15, 0.2) is 0 Å². The minimum atomic E-state index is -1.71. The highest BCUT2D eigenvalue weighted by atomic mass is 28.4. The summed E-state index contributed by atoms with van der Waals surface area (Å²) < 4.78 is 11.6. The summed E-state index contributed by atoms with van der Waals surface area (Å²) in [7, 11) is -1.71. The molecule has 1 saturated heterocycles. The van der Waals surface area contributed by atoms with Gasteiger partial charge in [-0.25, -0.2) is 0 Å². The lowest BCUT2D eigenvalue weighted by molar-refractivity contribution is -0.137. The zero-order chi connectivity index (χ0) is 15.8. The summed E-state index contributed by atoms with van der Waals surface area (Å²) in [5, 5.41) is 0.231. The molecule has 0 radical (unpaired) electrons. The molecule has 0 unspecified atom stereocenters. The smallest absolute Gasteiger partial charge is 0.226 e. The molecule has 0 aromatic heterocycles. The second-order valence-electron chi connectivity index (χ2n) is 8.06. The van der Waals surface area contributed by atoms with E-state index in [1.165, 1.54) is 0 Å². The third kappa shape index (κ3) is 3.69. The Balaban J connectivity index is 1.85. The zero-order valence-corrected chi connectivity index (χ0v) is 15.4. The lowest BCUT2D eigenvalue weighted by Gasteiger charge is -2.36. The first-order valence-electron chi connectivity index (χ1n) is 8.15. The van der Waals surface area contributed by atoms with Gasteiger partial charge in [0.2, 0.25) is 5.91 Å². The van der Waals surface area contributed by atoms with Crippen molar-refractivity contribution < 1.29 is 14.0 Å². The molecule has 21 heavy (non-hydrogen) atoms. The van der Waals surface area contributed by atoms with Crippen molar-refractivity contribution in [3.05, 3.63) is 0 Å². The van der Waals surface area contributed by atoms with Crippen molar-refractivity contribution in [2.75, 3.05) is 32.9 Å². The fraction of sp³-hybridized carbons (Fsp3) is 0.938. The Kier molecular flexibility index (Phi) is 4.86. The van der Waals surface area contributed by atoms with Gasteiger partial charge < -0.3 is 14.1 Å². The summed E-state index contributed by atoms with van der Waals surface area (Å²) in [5.74, 6) is 1.36. The number of morpholine rings is 1. The van der Waals surface area contributed by atoms with Crippen molar-refractivity contribution in [1.82, 2.24) is 4.90 Å². The van der Waals surface area contributed by atoms with Crippen LogP contribution in [-0.4, -0.2) is 52.0 Å². The number of hydrogen-bond acceptors (Lipinski definition) is 3. The van der Waals surface area contributed by atoms with E-state index in [2.05, 4.69) is 40.8 Å². The highest BCUT2D eigenvalue weighted by Gasteiger charge is 2.53. The van der Waals surface area contributed by atoms with Crippen LogP contribution >= 0.6 is 0 Å². The van der Waals surface area contributed by atoms with Gasteiger partial charge in [-0.2, -0.15) is 0 Å². The quantitative estimate of drug-likeness (QED) is 0.749. The average Bonchev–Trinajstić information content (AvgIpc) is 3.06. The maximum absolute atomic E-state index is 12.5. The molecule has 1 saturated carbocycles. The molecule has 122 valence electrons. The van der Waals surface area contributed by atoms with Crippen molar-refractivity contribution in [1.29, 1.82) is 0 Å². The molecule has 0 N–H and O–H groups in total. The van der Waals surface area contributed by atoms with E-state index in [4.69, 9.17) is 9.16 Å². The number of nitrogens with zero attached hydrogens (tertiary/aromatic N) is 1. The highest BCUT2D eigenvalue weighted by molar-refractivity contribution is 6.74. The van der Waals surface area contributed by atoms with Crippen LogP contribution in [0.25, 0.3) is 0 Å². The molecule has 1 aliphatic carbocycles. The third-order valence-corrected chi connectivity index (χ3v) is 10.1. The van der Waals surface area contributed by atoms with Crippen LogP contribution in [0.1, 0.15) is 27.7 Å². The molecule has 5 heteroatoms. The molecule has 4 nitrogen and oxygen atoms in total. The Morgan fingerprint density at radius 3 is 2.38 bits per heavy atom. The maximum atomic E-state index is 12.5. The van der Waals surface area contributed by atoms with E-state index in [0.717, 1.165) is 19.7 Å². The normalized spacial score (nSPS) is 30.4. The summed E-state index contributed by atoms with van der Waals surface area (Å²) in [6, 6.07) is 0. The van der Waals surface area contributed by atoms with Crippen LogP contribution in [0, 0.1) is 17.8 Å². The van der Waals surface area contributed by atoms with Gasteiger partial charge in [-0.1, -0.05) is 27.7 Å². The summed E-state index contributed by atoms with van der Waals surface area (Å²) in [4.78, 5) is 14.5. The largest absolute Gasteiger partial charge is 0.417 e. The number of ether oxygens (including phenoxy) is 1. The van der Waals surface area contributed by atoms with Gasteiger partial charge in [0.1, 0.15) is 0 Å². The number of amides is 1. The lowest BCUT2D eigenvalue weighted by atomic mass is 10.2. The minimum Gasteiger partial charge on any atom is -0.417 e.